The number of hydrogen-bond acceptors (Lipinski definition) is 6. The van der Waals surface area contributed by atoms with E-state index in [1.807, 2.05) is 24.3 Å². The molecule has 0 saturated carbocycles. The third-order valence-corrected chi connectivity index (χ3v) is 4.38. The van der Waals surface area contributed by atoms with Crippen LogP contribution in [-0.2, 0) is 9.59 Å². The monoisotopic (exact) mass is 396 g/mol. The normalized spacial score (nSPS) is 15.8. The molecule has 2 rings (SSSR count). The molecular formula is C20H32N2O6. The summed E-state index contributed by atoms with van der Waals surface area (Å²) in [6.45, 7) is 10.8. The van der Waals surface area contributed by atoms with Gasteiger partial charge >= 0.3 is 11.9 Å². The van der Waals surface area contributed by atoms with Gasteiger partial charge in [-0.1, -0.05) is 13.0 Å². The fourth-order valence-corrected chi connectivity index (χ4v) is 2.50. The molecule has 0 aliphatic carbocycles. The Kier molecular flexibility index (Phi) is 11.0. The van der Waals surface area contributed by atoms with E-state index in [4.69, 9.17) is 29.3 Å². The van der Waals surface area contributed by atoms with Gasteiger partial charge in [0.05, 0.1) is 12.7 Å². The van der Waals surface area contributed by atoms with Gasteiger partial charge in [-0.2, -0.15) is 0 Å². The average molecular weight is 396 g/mol. The molecule has 0 radical (unpaired) electrons. The summed E-state index contributed by atoms with van der Waals surface area (Å²) in [5.41, 5.74) is 0. The van der Waals surface area contributed by atoms with Gasteiger partial charge in [-0.25, -0.2) is 9.59 Å². The Morgan fingerprint density at radius 2 is 1.71 bits per heavy atom. The summed E-state index contributed by atoms with van der Waals surface area (Å²) in [6.07, 6.45) is 2.32. The molecular weight excluding hydrogens is 364 g/mol. The van der Waals surface area contributed by atoms with Crippen molar-refractivity contribution in [2.45, 2.75) is 32.8 Å². The van der Waals surface area contributed by atoms with Crippen LogP contribution in [0.4, 0.5) is 0 Å². The first-order chi connectivity index (χ1) is 13.3. The average Bonchev–Trinajstić information content (AvgIpc) is 2.67. The van der Waals surface area contributed by atoms with E-state index in [1.165, 1.54) is 26.2 Å². The van der Waals surface area contributed by atoms with Crippen LogP contribution in [-0.4, -0.2) is 84.4 Å². The molecule has 2 N–H and O–H groups in total. The zero-order valence-electron chi connectivity index (χ0n) is 17.0. The molecule has 1 aromatic carbocycles. The SMILES string of the molecule is CCC(C)Oc1cccc(OCCCN2CCN(C)CC2)c1.O=C(O)C(=O)O. The van der Waals surface area contributed by atoms with Crippen molar-refractivity contribution in [2.24, 2.45) is 0 Å². The second kappa shape index (κ2) is 13.0. The smallest absolute Gasteiger partial charge is 0.414 e. The van der Waals surface area contributed by atoms with Crippen LogP contribution < -0.4 is 9.47 Å². The minimum atomic E-state index is -1.82. The van der Waals surface area contributed by atoms with Gasteiger partial charge in [0, 0.05) is 38.8 Å². The predicted octanol–water partition coefficient (Wildman–Crippen LogP) is 2.04. The van der Waals surface area contributed by atoms with Crippen molar-refractivity contribution in [3.8, 4) is 11.5 Å². The highest BCUT2D eigenvalue weighted by Gasteiger charge is 2.12. The van der Waals surface area contributed by atoms with Crippen molar-refractivity contribution in [1.82, 2.24) is 9.80 Å². The van der Waals surface area contributed by atoms with Crippen molar-refractivity contribution in [3.05, 3.63) is 24.3 Å². The van der Waals surface area contributed by atoms with Gasteiger partial charge < -0.3 is 29.5 Å². The molecule has 8 nitrogen and oxygen atoms in total. The molecule has 0 aromatic heterocycles. The van der Waals surface area contributed by atoms with Crippen LogP contribution >= 0.6 is 0 Å². The zero-order valence-corrected chi connectivity index (χ0v) is 17.0. The summed E-state index contributed by atoms with van der Waals surface area (Å²) in [5, 5.41) is 14.8. The Hall–Kier alpha value is -2.32. The highest BCUT2D eigenvalue weighted by atomic mass is 16.5. The molecule has 1 aliphatic rings. The van der Waals surface area contributed by atoms with Crippen LogP contribution in [0.1, 0.15) is 26.7 Å². The first kappa shape index (κ1) is 23.7. The van der Waals surface area contributed by atoms with Crippen LogP contribution in [0, 0.1) is 0 Å². The maximum atomic E-state index is 9.10. The van der Waals surface area contributed by atoms with E-state index in [0.29, 0.717) is 0 Å². The zero-order chi connectivity index (χ0) is 20.9. The molecule has 0 spiro atoms. The lowest BCUT2D eigenvalue weighted by Gasteiger charge is -2.32. The maximum absolute atomic E-state index is 9.10. The summed E-state index contributed by atoms with van der Waals surface area (Å²) >= 11 is 0. The number of piperazine rings is 1. The van der Waals surface area contributed by atoms with Crippen molar-refractivity contribution >= 4 is 11.9 Å². The molecule has 1 aromatic rings. The number of likely N-dealkylation sites (N-methyl/N-ethyl adjacent to an activating group) is 1. The van der Waals surface area contributed by atoms with Crippen molar-refractivity contribution < 1.29 is 29.3 Å². The maximum Gasteiger partial charge on any atom is 0.414 e. The van der Waals surface area contributed by atoms with E-state index >= 15 is 0 Å². The molecule has 158 valence electrons. The Bertz CT molecular complexity index is 590. The number of aliphatic carboxylic acids is 2. The molecule has 1 fully saturated rings. The predicted molar refractivity (Wildman–Crippen MR) is 106 cm³/mol. The molecule has 1 unspecified atom stereocenters. The minimum Gasteiger partial charge on any atom is -0.493 e. The molecule has 8 heteroatoms. The third-order valence-electron chi connectivity index (χ3n) is 4.38. The number of ether oxygens (including phenoxy) is 2. The lowest BCUT2D eigenvalue weighted by Crippen LogP contribution is -2.44. The summed E-state index contributed by atoms with van der Waals surface area (Å²) in [4.78, 5) is 23.1. The van der Waals surface area contributed by atoms with Gasteiger partial charge in [0.1, 0.15) is 11.5 Å². The van der Waals surface area contributed by atoms with Gasteiger partial charge in [-0.15, -0.1) is 0 Å². The lowest BCUT2D eigenvalue weighted by molar-refractivity contribution is -0.159. The summed E-state index contributed by atoms with van der Waals surface area (Å²) < 4.78 is 11.7. The highest BCUT2D eigenvalue weighted by Crippen LogP contribution is 2.21. The minimum absolute atomic E-state index is 0.243. The van der Waals surface area contributed by atoms with E-state index in [9.17, 15) is 0 Å². The van der Waals surface area contributed by atoms with Crippen molar-refractivity contribution in [1.29, 1.82) is 0 Å². The number of hydrogen-bond donors (Lipinski definition) is 2. The lowest BCUT2D eigenvalue weighted by atomic mass is 10.3. The topological polar surface area (TPSA) is 99.5 Å². The third kappa shape index (κ3) is 10.1. The van der Waals surface area contributed by atoms with E-state index < -0.39 is 11.9 Å². The molecule has 1 heterocycles. The van der Waals surface area contributed by atoms with Gasteiger partial charge in [0.25, 0.3) is 0 Å². The Balaban J connectivity index is 0.000000568. The standard InChI is InChI=1S/C18H30N2O2.C2H2O4/c1-4-16(2)22-18-8-5-7-17(15-18)21-14-6-9-20-12-10-19(3)11-13-20;3-1(4)2(5)6/h5,7-8,15-16H,4,6,9-14H2,1-3H3;(H,3,4)(H,5,6). The molecule has 1 saturated heterocycles. The number of carboxylic acid groups (broad SMARTS) is 2. The Labute approximate surface area is 166 Å². The Morgan fingerprint density at radius 1 is 1.11 bits per heavy atom. The fraction of sp³-hybridized carbons (Fsp3) is 0.600. The van der Waals surface area contributed by atoms with Gasteiger partial charge in [-0.05, 0) is 38.9 Å². The Morgan fingerprint density at radius 3 is 2.29 bits per heavy atom. The van der Waals surface area contributed by atoms with Crippen LogP contribution in [0.25, 0.3) is 0 Å². The van der Waals surface area contributed by atoms with Crippen LogP contribution in [0.15, 0.2) is 24.3 Å². The van der Waals surface area contributed by atoms with Gasteiger partial charge in [0.15, 0.2) is 0 Å². The second-order valence-corrected chi connectivity index (χ2v) is 6.77. The largest absolute Gasteiger partial charge is 0.493 e. The van der Waals surface area contributed by atoms with Gasteiger partial charge in [-0.3, -0.25) is 0 Å². The summed E-state index contributed by atoms with van der Waals surface area (Å²) in [5.74, 6) is -1.85. The number of rotatable bonds is 8. The molecule has 1 atom stereocenters. The molecule has 0 amide bonds. The van der Waals surface area contributed by atoms with Crippen LogP contribution in [0.5, 0.6) is 11.5 Å². The van der Waals surface area contributed by atoms with Crippen LogP contribution in [0.3, 0.4) is 0 Å². The fourth-order valence-electron chi connectivity index (χ4n) is 2.50. The van der Waals surface area contributed by atoms with Crippen LogP contribution in [0.2, 0.25) is 0 Å². The quantitative estimate of drug-likeness (QED) is 0.509. The second-order valence-electron chi connectivity index (χ2n) is 6.77. The van der Waals surface area contributed by atoms with E-state index in [1.54, 1.807) is 0 Å². The van der Waals surface area contributed by atoms with Gasteiger partial charge in [0.2, 0.25) is 0 Å². The highest BCUT2D eigenvalue weighted by molar-refractivity contribution is 6.27. The molecule has 28 heavy (non-hydrogen) atoms. The van der Waals surface area contributed by atoms with Crippen molar-refractivity contribution in [3.63, 3.8) is 0 Å². The first-order valence-corrected chi connectivity index (χ1v) is 9.58. The molecule has 1 aliphatic heterocycles. The van der Waals surface area contributed by atoms with Crippen molar-refractivity contribution in [2.75, 3.05) is 46.4 Å². The summed E-state index contributed by atoms with van der Waals surface area (Å²) in [7, 11) is 2.19. The van der Waals surface area contributed by atoms with E-state index in [2.05, 4.69) is 30.7 Å². The number of carbonyl (C=O) groups is 2. The number of nitrogens with zero attached hydrogens (tertiary/aromatic N) is 2. The van der Waals surface area contributed by atoms with E-state index in [-0.39, 0.29) is 6.10 Å². The first-order valence-electron chi connectivity index (χ1n) is 9.58. The summed E-state index contributed by atoms with van der Waals surface area (Å²) in [6, 6.07) is 7.97. The molecule has 0 bridgehead atoms. The van der Waals surface area contributed by atoms with E-state index in [0.717, 1.165) is 37.5 Å². The number of benzene rings is 1. The number of carboxylic acids is 2.